The molecule has 1 heterocycles. The second kappa shape index (κ2) is 1.59. The van der Waals surface area contributed by atoms with E-state index in [2.05, 4.69) is 4.98 Å². The lowest BCUT2D eigenvalue weighted by molar-refractivity contribution is -0.172. The smallest absolute Gasteiger partial charge is 0.353 e. The van der Waals surface area contributed by atoms with Gasteiger partial charge >= 0.3 is 9.93 Å². The van der Waals surface area contributed by atoms with Crippen LogP contribution in [0.3, 0.4) is 0 Å². The van der Waals surface area contributed by atoms with Crippen molar-refractivity contribution in [2.75, 3.05) is 5.73 Å². The summed E-state index contributed by atoms with van der Waals surface area (Å²) in [6.45, 7) is 0. The van der Waals surface area contributed by atoms with Crippen LogP contribution in [0, 0.1) is 0 Å². The maximum Gasteiger partial charge on any atom is 0.386 e. The zero-order chi connectivity index (χ0) is 5.28. The molecule has 0 atom stereocenters. The van der Waals surface area contributed by atoms with Gasteiger partial charge in [0.15, 0.2) is 0 Å². The van der Waals surface area contributed by atoms with Gasteiger partial charge < -0.3 is 5.73 Å². The molecule has 0 fully saturated rings. The van der Waals surface area contributed by atoms with Crippen LogP contribution in [0.5, 0.6) is 0 Å². The average Bonchev–Trinajstić information content (AvgIpc) is 1.87. The number of nitrogens with zero attached hydrogens (tertiary/aromatic N) is 1. The van der Waals surface area contributed by atoms with Crippen LogP contribution < -0.4 is 15.9 Å². The van der Waals surface area contributed by atoms with Gasteiger partial charge in [-0.3, -0.25) is 5.41 Å². The molecular formula is C2H4N3S2+. The second-order valence-electron chi connectivity index (χ2n) is 0.955. The van der Waals surface area contributed by atoms with Gasteiger partial charge in [0.1, 0.15) is 0 Å². The molecule has 0 aliphatic rings. The molecule has 0 radical (unpaired) electrons. The molecule has 0 amide bonds. The summed E-state index contributed by atoms with van der Waals surface area (Å²) in [7, 11) is 2.78. The van der Waals surface area contributed by atoms with Crippen LogP contribution in [0.2, 0.25) is 0 Å². The van der Waals surface area contributed by atoms with Crippen molar-refractivity contribution in [3.05, 3.63) is 4.80 Å². The minimum atomic E-state index is 0.544. The zero-order valence-corrected chi connectivity index (χ0v) is 5.05. The number of rotatable bonds is 0. The topological polar surface area (TPSA) is 64.5 Å². The lowest BCUT2D eigenvalue weighted by Gasteiger charge is -1.56. The molecule has 1 rings (SSSR count). The Kier molecular flexibility index (Phi) is 1.07. The van der Waals surface area contributed by atoms with E-state index in [1.54, 1.807) is 0 Å². The maximum absolute atomic E-state index is 5.22. The Morgan fingerprint density at radius 3 is 2.43 bits per heavy atom. The first-order valence-corrected chi connectivity index (χ1v) is 3.75. The fourth-order valence-electron chi connectivity index (χ4n) is 0.231. The lowest BCUT2D eigenvalue weighted by Crippen LogP contribution is -2.44. The van der Waals surface area contributed by atoms with E-state index in [0.29, 0.717) is 9.93 Å². The summed E-state index contributed by atoms with van der Waals surface area (Å²) in [5.41, 5.74) is 5.22. The minimum absolute atomic E-state index is 0.544. The summed E-state index contributed by atoms with van der Waals surface area (Å²) < 4.78 is 0. The van der Waals surface area contributed by atoms with Crippen molar-refractivity contribution in [2.45, 2.75) is 0 Å². The molecule has 0 unspecified atom stereocenters. The van der Waals surface area contributed by atoms with E-state index in [9.17, 15) is 0 Å². The predicted molar refractivity (Wildman–Crippen MR) is 29.5 cm³/mol. The predicted octanol–water partition coefficient (Wildman–Crippen LogP) is -1.55. The number of anilines is 1. The highest BCUT2D eigenvalue weighted by atomic mass is 32.9. The molecule has 0 aliphatic carbocycles. The van der Waals surface area contributed by atoms with Crippen molar-refractivity contribution in [3.63, 3.8) is 0 Å². The van der Waals surface area contributed by atoms with Gasteiger partial charge in [-0.1, -0.05) is 0 Å². The molecule has 3 nitrogen and oxygen atoms in total. The molecular weight excluding hydrogens is 130 g/mol. The number of nitrogen functional groups attached to an aromatic ring is 1. The minimum Gasteiger partial charge on any atom is -0.353 e. The SMILES string of the molecule is Nc1nc(=[NH2+])ss1. The molecule has 1 aromatic rings. The van der Waals surface area contributed by atoms with Crippen molar-refractivity contribution in [1.29, 1.82) is 0 Å². The molecule has 0 spiro atoms. The van der Waals surface area contributed by atoms with E-state index in [-0.39, 0.29) is 0 Å². The lowest BCUT2D eigenvalue weighted by atomic mass is 11.2. The Morgan fingerprint density at radius 1 is 1.57 bits per heavy atom. The first-order valence-electron chi connectivity index (χ1n) is 1.60. The maximum atomic E-state index is 5.22. The normalized spacial score (nSPS) is 9.14. The van der Waals surface area contributed by atoms with Gasteiger partial charge in [0.25, 0.3) is 0 Å². The second-order valence-corrected chi connectivity index (χ2v) is 3.12. The first-order chi connectivity index (χ1) is 3.29. The van der Waals surface area contributed by atoms with E-state index in [4.69, 9.17) is 11.1 Å². The van der Waals surface area contributed by atoms with Crippen LogP contribution in [0.4, 0.5) is 5.13 Å². The van der Waals surface area contributed by atoms with E-state index >= 15 is 0 Å². The molecule has 1 aromatic heterocycles. The van der Waals surface area contributed by atoms with Crippen molar-refractivity contribution in [2.24, 2.45) is 0 Å². The van der Waals surface area contributed by atoms with Crippen LogP contribution in [0.1, 0.15) is 0 Å². The highest BCUT2D eigenvalue weighted by molar-refractivity contribution is 7.69. The zero-order valence-electron chi connectivity index (χ0n) is 3.42. The first kappa shape index (κ1) is 4.73. The third-order valence-electron chi connectivity index (χ3n) is 0.433. The number of hydrogen-bond acceptors (Lipinski definition) is 4. The Hall–Kier alpha value is -0.420. The molecule has 7 heavy (non-hydrogen) atoms. The quantitative estimate of drug-likeness (QED) is 0.422. The van der Waals surface area contributed by atoms with Crippen molar-refractivity contribution < 1.29 is 5.41 Å². The standard InChI is InChI=1S/C2H3N3S2/c3-1-5-2(4)7-6-1/h(H3,3,4,5)/p+1. The molecule has 0 saturated heterocycles. The van der Waals surface area contributed by atoms with Crippen LogP contribution in [0.15, 0.2) is 0 Å². The van der Waals surface area contributed by atoms with Crippen molar-refractivity contribution in [1.82, 2.24) is 4.98 Å². The fraction of sp³-hybridized carbons (Fsp3) is 0. The molecule has 0 bridgehead atoms. The Bertz CT molecular complexity index is 199. The number of hydrogen-bond donors (Lipinski definition) is 2. The summed E-state index contributed by atoms with van der Waals surface area (Å²) >= 11 is 0. The van der Waals surface area contributed by atoms with Crippen molar-refractivity contribution >= 4 is 25.8 Å². The Labute approximate surface area is 47.3 Å². The molecule has 5 heteroatoms. The fourth-order valence-corrected chi connectivity index (χ4v) is 1.47. The molecule has 4 N–H and O–H groups in total. The Balaban J connectivity index is 3.30. The number of aromatic nitrogens is 1. The summed E-state index contributed by atoms with van der Waals surface area (Å²) in [5, 5.41) is 5.76. The van der Waals surface area contributed by atoms with E-state index in [0.717, 1.165) is 0 Å². The monoisotopic (exact) mass is 134 g/mol. The van der Waals surface area contributed by atoms with Gasteiger partial charge in [0.2, 0.25) is 0 Å². The molecule has 0 saturated carbocycles. The van der Waals surface area contributed by atoms with Crippen molar-refractivity contribution in [3.8, 4) is 0 Å². The van der Waals surface area contributed by atoms with E-state index < -0.39 is 0 Å². The average molecular weight is 134 g/mol. The van der Waals surface area contributed by atoms with E-state index in [1.165, 1.54) is 20.7 Å². The summed E-state index contributed by atoms with van der Waals surface area (Å²) in [6.07, 6.45) is 0. The van der Waals surface area contributed by atoms with Crippen LogP contribution in [0.25, 0.3) is 0 Å². The summed E-state index contributed by atoms with van der Waals surface area (Å²) in [4.78, 5) is 4.25. The van der Waals surface area contributed by atoms with Gasteiger partial charge in [-0.25, -0.2) is 0 Å². The third-order valence-corrected chi connectivity index (χ3v) is 2.31. The van der Waals surface area contributed by atoms with Gasteiger partial charge in [0, 0.05) is 15.3 Å². The Morgan fingerprint density at radius 2 is 2.29 bits per heavy atom. The number of nitrogens with two attached hydrogens (primary N) is 2. The van der Waals surface area contributed by atoms with Gasteiger partial charge in [0.05, 0.1) is 0 Å². The molecule has 0 aromatic carbocycles. The highest BCUT2D eigenvalue weighted by Gasteiger charge is 1.95. The molecule has 0 aliphatic heterocycles. The van der Waals surface area contributed by atoms with Gasteiger partial charge in [-0.05, 0) is 10.3 Å². The molecule has 38 valence electrons. The summed E-state index contributed by atoms with van der Waals surface area (Å²) in [5.74, 6) is 0. The van der Waals surface area contributed by atoms with Crippen LogP contribution in [-0.2, 0) is 0 Å². The van der Waals surface area contributed by atoms with Crippen LogP contribution in [-0.4, -0.2) is 4.98 Å². The third kappa shape index (κ3) is 0.971. The van der Waals surface area contributed by atoms with Gasteiger partial charge in [-0.15, -0.1) is 0 Å². The van der Waals surface area contributed by atoms with Gasteiger partial charge in [-0.2, -0.15) is 0 Å². The van der Waals surface area contributed by atoms with E-state index in [1.807, 2.05) is 0 Å². The highest BCUT2D eigenvalue weighted by Crippen LogP contribution is 2.04. The largest absolute Gasteiger partial charge is 0.386 e. The van der Waals surface area contributed by atoms with Crippen LogP contribution >= 0.6 is 20.7 Å². The summed E-state index contributed by atoms with van der Waals surface area (Å²) in [6, 6.07) is 0.